The Morgan fingerprint density at radius 1 is 1.33 bits per heavy atom. The van der Waals surface area contributed by atoms with Gasteiger partial charge < -0.3 is 9.47 Å². The maximum absolute atomic E-state index is 12.4. The average molecular weight is 492 g/mol. The molecule has 0 aliphatic carbocycles. The molecule has 1 heterocycles. The zero-order chi connectivity index (χ0) is 24.0. The molecule has 1 amide bonds. The standard InChI is InChI=1S/C21H19Cl2N5O5/c1-13(27-11-18(28(30)31)21(26-27)32-2)20(29)25-24-10-15-9-16(22)7-8-19(15)33-12-14-5-3-4-6-17(14)23/h3-11,13H,12H2,1-2H3,(H,25,29)/b24-10-/t13-/m0/s1. The number of benzene rings is 2. The second-order valence-electron chi connectivity index (χ2n) is 6.73. The molecule has 10 nitrogen and oxygen atoms in total. The monoisotopic (exact) mass is 491 g/mol. The summed E-state index contributed by atoms with van der Waals surface area (Å²) < 4.78 is 11.8. The normalized spacial score (nSPS) is 11.9. The van der Waals surface area contributed by atoms with Crippen molar-refractivity contribution in [1.82, 2.24) is 15.2 Å². The Morgan fingerprint density at radius 3 is 2.76 bits per heavy atom. The number of aromatic nitrogens is 2. The molecule has 0 radical (unpaired) electrons. The Labute approximate surface area is 198 Å². The van der Waals surface area contributed by atoms with Crippen LogP contribution in [0.15, 0.2) is 53.8 Å². The van der Waals surface area contributed by atoms with Gasteiger partial charge in [-0.2, -0.15) is 5.10 Å². The number of hydrogen-bond acceptors (Lipinski definition) is 7. The molecule has 33 heavy (non-hydrogen) atoms. The Morgan fingerprint density at radius 2 is 2.09 bits per heavy atom. The molecular weight excluding hydrogens is 473 g/mol. The van der Waals surface area contributed by atoms with Gasteiger partial charge in [0.05, 0.1) is 18.2 Å². The molecule has 0 aliphatic rings. The van der Waals surface area contributed by atoms with Gasteiger partial charge in [0.15, 0.2) is 0 Å². The van der Waals surface area contributed by atoms with E-state index in [-0.39, 0.29) is 18.2 Å². The average Bonchev–Trinajstić information content (AvgIpc) is 3.24. The van der Waals surface area contributed by atoms with Gasteiger partial charge in [-0.05, 0) is 31.2 Å². The number of carbonyl (C=O) groups excluding carboxylic acids is 1. The summed E-state index contributed by atoms with van der Waals surface area (Å²) in [5, 5.41) is 20.0. The first-order valence-electron chi connectivity index (χ1n) is 9.56. The minimum absolute atomic E-state index is 0.192. The zero-order valence-corrected chi connectivity index (χ0v) is 19.1. The second kappa shape index (κ2) is 10.8. The minimum Gasteiger partial charge on any atom is -0.488 e. The van der Waals surface area contributed by atoms with Crippen molar-refractivity contribution in [2.75, 3.05) is 7.11 Å². The molecule has 0 spiro atoms. The maximum atomic E-state index is 12.4. The summed E-state index contributed by atoms with van der Waals surface area (Å²) in [4.78, 5) is 22.9. The molecule has 1 atom stereocenters. The summed E-state index contributed by atoms with van der Waals surface area (Å²) in [6.07, 6.45) is 2.50. The van der Waals surface area contributed by atoms with Crippen molar-refractivity contribution in [1.29, 1.82) is 0 Å². The van der Waals surface area contributed by atoms with E-state index in [0.29, 0.717) is 21.4 Å². The molecule has 0 bridgehead atoms. The maximum Gasteiger partial charge on any atom is 0.350 e. The molecule has 3 rings (SSSR count). The first-order chi connectivity index (χ1) is 15.8. The number of nitro groups is 1. The van der Waals surface area contributed by atoms with Crippen molar-refractivity contribution >= 4 is 41.0 Å². The van der Waals surface area contributed by atoms with E-state index < -0.39 is 16.9 Å². The van der Waals surface area contributed by atoms with Crippen molar-refractivity contribution < 1.29 is 19.2 Å². The summed E-state index contributed by atoms with van der Waals surface area (Å²) in [5.41, 5.74) is 3.36. The van der Waals surface area contributed by atoms with Crippen molar-refractivity contribution in [2.24, 2.45) is 5.10 Å². The summed E-state index contributed by atoms with van der Waals surface area (Å²) >= 11 is 12.2. The third-order valence-corrected chi connectivity index (χ3v) is 5.14. The Hall–Kier alpha value is -3.63. The highest BCUT2D eigenvalue weighted by Gasteiger charge is 2.25. The van der Waals surface area contributed by atoms with Gasteiger partial charge in [0, 0.05) is 21.2 Å². The predicted octanol–water partition coefficient (Wildman–Crippen LogP) is 4.40. The smallest absolute Gasteiger partial charge is 0.350 e. The highest BCUT2D eigenvalue weighted by molar-refractivity contribution is 6.31. The SMILES string of the molecule is COc1nn([C@@H](C)C(=O)N/N=C\c2cc(Cl)ccc2OCc2ccccc2Cl)cc1[N+](=O)[O-]. The van der Waals surface area contributed by atoms with E-state index >= 15 is 0 Å². The number of methoxy groups -OCH3 is 1. The lowest BCUT2D eigenvalue weighted by molar-refractivity contribution is -0.385. The van der Waals surface area contributed by atoms with Crippen LogP contribution in [0.4, 0.5) is 5.69 Å². The minimum atomic E-state index is -0.889. The van der Waals surface area contributed by atoms with Crippen LogP contribution in [-0.4, -0.2) is 33.9 Å². The van der Waals surface area contributed by atoms with Crippen LogP contribution in [0.1, 0.15) is 24.1 Å². The van der Waals surface area contributed by atoms with Gasteiger partial charge in [-0.1, -0.05) is 41.4 Å². The molecule has 0 aliphatic heterocycles. The number of hydrazone groups is 1. The van der Waals surface area contributed by atoms with E-state index in [1.54, 1.807) is 24.3 Å². The highest BCUT2D eigenvalue weighted by atomic mass is 35.5. The van der Waals surface area contributed by atoms with Crippen LogP contribution in [0.5, 0.6) is 11.6 Å². The molecule has 0 saturated heterocycles. The van der Waals surface area contributed by atoms with E-state index in [4.69, 9.17) is 32.7 Å². The first kappa shape index (κ1) is 24.0. The molecule has 1 N–H and O–H groups in total. The molecule has 0 fully saturated rings. The molecule has 12 heteroatoms. The van der Waals surface area contributed by atoms with Gasteiger partial charge in [0.1, 0.15) is 24.6 Å². The van der Waals surface area contributed by atoms with Gasteiger partial charge in [-0.25, -0.2) is 10.1 Å². The van der Waals surface area contributed by atoms with Crippen LogP contribution in [0.25, 0.3) is 0 Å². The largest absolute Gasteiger partial charge is 0.488 e. The fraction of sp³-hybridized carbons (Fsp3) is 0.190. The quantitative estimate of drug-likeness (QED) is 0.269. The van der Waals surface area contributed by atoms with Gasteiger partial charge in [-0.3, -0.25) is 14.9 Å². The van der Waals surface area contributed by atoms with E-state index in [9.17, 15) is 14.9 Å². The van der Waals surface area contributed by atoms with Gasteiger partial charge in [0.2, 0.25) is 0 Å². The third-order valence-electron chi connectivity index (χ3n) is 4.54. The van der Waals surface area contributed by atoms with E-state index in [0.717, 1.165) is 16.4 Å². The highest BCUT2D eigenvalue weighted by Crippen LogP contribution is 2.26. The predicted molar refractivity (Wildman–Crippen MR) is 123 cm³/mol. The fourth-order valence-electron chi connectivity index (χ4n) is 2.74. The number of nitrogens with one attached hydrogen (secondary N) is 1. The van der Waals surface area contributed by atoms with E-state index in [1.807, 2.05) is 18.2 Å². The lowest BCUT2D eigenvalue weighted by Crippen LogP contribution is -2.27. The van der Waals surface area contributed by atoms with Crippen molar-refractivity contribution in [3.05, 3.63) is 79.9 Å². The van der Waals surface area contributed by atoms with Gasteiger partial charge in [-0.15, -0.1) is 5.10 Å². The summed E-state index contributed by atoms with van der Waals surface area (Å²) in [5.74, 6) is -0.257. The Balaban J connectivity index is 1.69. The molecule has 172 valence electrons. The number of nitrogens with zero attached hydrogens (tertiary/aromatic N) is 4. The Kier molecular flexibility index (Phi) is 7.86. The number of amides is 1. The summed E-state index contributed by atoms with van der Waals surface area (Å²) in [6.45, 7) is 1.74. The zero-order valence-electron chi connectivity index (χ0n) is 17.6. The first-order valence-corrected chi connectivity index (χ1v) is 10.3. The van der Waals surface area contributed by atoms with Crippen LogP contribution < -0.4 is 14.9 Å². The number of ether oxygens (including phenoxy) is 2. The fourth-order valence-corrected chi connectivity index (χ4v) is 3.11. The van der Waals surface area contributed by atoms with Crippen molar-refractivity contribution in [2.45, 2.75) is 19.6 Å². The van der Waals surface area contributed by atoms with Crippen LogP contribution in [0.3, 0.4) is 0 Å². The third kappa shape index (κ3) is 5.99. The topological polar surface area (TPSA) is 121 Å². The Bertz CT molecular complexity index is 1200. The van der Waals surface area contributed by atoms with Crippen LogP contribution in [-0.2, 0) is 11.4 Å². The molecule has 1 aromatic heterocycles. The summed E-state index contributed by atoms with van der Waals surface area (Å²) in [6, 6.07) is 11.4. The number of rotatable bonds is 9. The van der Waals surface area contributed by atoms with Crippen LogP contribution in [0.2, 0.25) is 10.0 Å². The number of hydrogen-bond donors (Lipinski definition) is 1. The lowest BCUT2D eigenvalue weighted by Gasteiger charge is -2.11. The molecule has 2 aromatic carbocycles. The van der Waals surface area contributed by atoms with Gasteiger partial charge >= 0.3 is 11.6 Å². The van der Waals surface area contributed by atoms with E-state index in [2.05, 4.69) is 15.6 Å². The van der Waals surface area contributed by atoms with Crippen LogP contribution in [0, 0.1) is 10.1 Å². The van der Waals surface area contributed by atoms with Crippen molar-refractivity contribution in [3.8, 4) is 11.6 Å². The lowest BCUT2D eigenvalue weighted by atomic mass is 10.2. The van der Waals surface area contributed by atoms with Gasteiger partial charge in [0.25, 0.3) is 5.91 Å². The molecular formula is C21H19Cl2N5O5. The second-order valence-corrected chi connectivity index (χ2v) is 7.58. The molecule has 3 aromatic rings. The van der Waals surface area contributed by atoms with E-state index in [1.165, 1.54) is 20.2 Å². The molecule has 0 unspecified atom stereocenters. The number of halogens is 2. The molecule has 0 saturated carbocycles. The summed E-state index contributed by atoms with van der Waals surface area (Å²) in [7, 11) is 1.26. The van der Waals surface area contributed by atoms with Crippen molar-refractivity contribution in [3.63, 3.8) is 0 Å². The van der Waals surface area contributed by atoms with Crippen LogP contribution >= 0.6 is 23.2 Å². The number of carbonyl (C=O) groups is 1.